The molecule has 0 aliphatic carbocycles. The molecule has 0 aromatic carbocycles. The van der Waals surface area contributed by atoms with E-state index in [2.05, 4.69) is 33.0 Å². The van der Waals surface area contributed by atoms with Gasteiger partial charge in [0, 0.05) is 19.2 Å². The van der Waals surface area contributed by atoms with E-state index in [0.29, 0.717) is 6.10 Å². The van der Waals surface area contributed by atoms with Crippen LogP contribution in [-0.4, -0.2) is 25.3 Å². The lowest BCUT2D eigenvalue weighted by atomic mass is 10.0. The lowest BCUT2D eigenvalue weighted by Gasteiger charge is -2.26. The van der Waals surface area contributed by atoms with Gasteiger partial charge in [0.1, 0.15) is 0 Å². The highest BCUT2D eigenvalue weighted by Gasteiger charge is 2.14. The first-order chi connectivity index (χ1) is 5.02. The van der Waals surface area contributed by atoms with E-state index < -0.39 is 0 Å². The lowest BCUT2D eigenvalue weighted by Crippen LogP contribution is -2.42. The Morgan fingerprint density at radius 1 is 1.45 bits per heavy atom. The van der Waals surface area contributed by atoms with Crippen molar-refractivity contribution >= 4 is 0 Å². The summed E-state index contributed by atoms with van der Waals surface area (Å²) in [6, 6.07) is 0. The summed E-state index contributed by atoms with van der Waals surface area (Å²) >= 11 is 0. The Balaban J connectivity index is 3.52. The summed E-state index contributed by atoms with van der Waals surface area (Å²) < 4.78 is 5.13. The molecule has 1 unspecified atom stereocenters. The van der Waals surface area contributed by atoms with Crippen molar-refractivity contribution in [1.29, 1.82) is 0 Å². The van der Waals surface area contributed by atoms with Crippen LogP contribution in [0.1, 0.15) is 34.1 Å². The van der Waals surface area contributed by atoms with E-state index in [9.17, 15) is 0 Å². The van der Waals surface area contributed by atoms with Crippen LogP contribution < -0.4 is 5.32 Å². The molecule has 0 saturated carbocycles. The first-order valence-corrected chi connectivity index (χ1v) is 4.29. The van der Waals surface area contributed by atoms with E-state index >= 15 is 0 Å². The van der Waals surface area contributed by atoms with Gasteiger partial charge in [0.2, 0.25) is 0 Å². The van der Waals surface area contributed by atoms with Crippen LogP contribution in [0.15, 0.2) is 0 Å². The average Bonchev–Trinajstić information content (AvgIpc) is 2.00. The van der Waals surface area contributed by atoms with Crippen LogP contribution in [-0.2, 0) is 4.74 Å². The maximum atomic E-state index is 5.13. The van der Waals surface area contributed by atoms with Crippen molar-refractivity contribution in [3.63, 3.8) is 0 Å². The second-order valence-electron chi connectivity index (χ2n) is 3.66. The Bertz CT molecular complexity index is 102. The molecular weight excluding hydrogens is 138 g/mol. The molecule has 2 heteroatoms. The van der Waals surface area contributed by atoms with Crippen molar-refractivity contribution in [3.8, 4) is 0 Å². The Morgan fingerprint density at radius 2 is 2.00 bits per heavy atom. The van der Waals surface area contributed by atoms with Crippen molar-refractivity contribution < 1.29 is 4.74 Å². The van der Waals surface area contributed by atoms with Gasteiger partial charge in [-0.05, 0) is 27.2 Å². The quantitative estimate of drug-likeness (QED) is 0.660. The number of hydrogen-bond acceptors (Lipinski definition) is 2. The van der Waals surface area contributed by atoms with Crippen LogP contribution in [0.3, 0.4) is 0 Å². The van der Waals surface area contributed by atoms with Crippen molar-refractivity contribution in [3.05, 3.63) is 0 Å². The molecule has 68 valence electrons. The van der Waals surface area contributed by atoms with E-state index in [-0.39, 0.29) is 5.54 Å². The normalized spacial score (nSPS) is 15.0. The van der Waals surface area contributed by atoms with Crippen LogP contribution >= 0.6 is 0 Å². The summed E-state index contributed by atoms with van der Waals surface area (Å²) in [5.41, 5.74) is 0.243. The zero-order chi connectivity index (χ0) is 8.91. The van der Waals surface area contributed by atoms with Crippen LogP contribution in [0.25, 0.3) is 0 Å². The molecule has 0 aliphatic rings. The SMILES string of the molecule is CCC(C)(C)NCC(C)OC. The predicted molar refractivity (Wildman–Crippen MR) is 48.8 cm³/mol. The van der Waals surface area contributed by atoms with Gasteiger partial charge in [-0.2, -0.15) is 0 Å². The fourth-order valence-electron chi connectivity index (χ4n) is 0.628. The van der Waals surface area contributed by atoms with E-state index in [4.69, 9.17) is 4.74 Å². The topological polar surface area (TPSA) is 21.3 Å². The van der Waals surface area contributed by atoms with E-state index in [1.165, 1.54) is 0 Å². The highest BCUT2D eigenvalue weighted by molar-refractivity contribution is 4.75. The first kappa shape index (κ1) is 10.9. The molecule has 0 aromatic heterocycles. The number of rotatable bonds is 5. The summed E-state index contributed by atoms with van der Waals surface area (Å²) in [6.07, 6.45) is 1.45. The maximum Gasteiger partial charge on any atom is 0.0667 e. The first-order valence-electron chi connectivity index (χ1n) is 4.29. The highest BCUT2D eigenvalue weighted by Crippen LogP contribution is 2.06. The molecule has 0 heterocycles. The highest BCUT2D eigenvalue weighted by atomic mass is 16.5. The Kier molecular flexibility index (Phi) is 4.69. The largest absolute Gasteiger partial charge is 0.380 e. The van der Waals surface area contributed by atoms with Crippen molar-refractivity contribution in [2.75, 3.05) is 13.7 Å². The lowest BCUT2D eigenvalue weighted by molar-refractivity contribution is 0.109. The predicted octanol–water partition coefficient (Wildman–Crippen LogP) is 1.80. The molecule has 0 bridgehead atoms. The molecule has 0 rings (SSSR count). The molecule has 11 heavy (non-hydrogen) atoms. The third-order valence-electron chi connectivity index (χ3n) is 2.15. The fourth-order valence-corrected chi connectivity index (χ4v) is 0.628. The van der Waals surface area contributed by atoms with E-state index in [0.717, 1.165) is 13.0 Å². The fraction of sp³-hybridized carbons (Fsp3) is 1.00. The van der Waals surface area contributed by atoms with Crippen LogP contribution in [0.2, 0.25) is 0 Å². The second-order valence-corrected chi connectivity index (χ2v) is 3.66. The Morgan fingerprint density at radius 3 is 2.36 bits per heavy atom. The number of ether oxygens (including phenoxy) is 1. The molecule has 0 saturated heterocycles. The summed E-state index contributed by atoms with van der Waals surface area (Å²) in [4.78, 5) is 0. The minimum Gasteiger partial charge on any atom is -0.380 e. The van der Waals surface area contributed by atoms with Crippen molar-refractivity contribution in [2.24, 2.45) is 0 Å². The summed E-state index contributed by atoms with van der Waals surface area (Å²) in [5.74, 6) is 0. The van der Waals surface area contributed by atoms with E-state index in [1.807, 2.05) is 0 Å². The van der Waals surface area contributed by atoms with Crippen molar-refractivity contribution in [2.45, 2.75) is 45.8 Å². The van der Waals surface area contributed by atoms with Gasteiger partial charge >= 0.3 is 0 Å². The summed E-state index contributed by atoms with van der Waals surface area (Å²) in [7, 11) is 1.74. The molecule has 0 aromatic rings. The maximum absolute atomic E-state index is 5.13. The van der Waals surface area contributed by atoms with Crippen LogP contribution in [0.4, 0.5) is 0 Å². The van der Waals surface area contributed by atoms with Gasteiger partial charge in [0.15, 0.2) is 0 Å². The third kappa shape index (κ3) is 5.22. The number of methoxy groups -OCH3 is 1. The monoisotopic (exact) mass is 159 g/mol. The van der Waals surface area contributed by atoms with Gasteiger partial charge in [-0.25, -0.2) is 0 Å². The van der Waals surface area contributed by atoms with Gasteiger partial charge in [-0.15, -0.1) is 0 Å². The zero-order valence-electron chi connectivity index (χ0n) is 8.40. The summed E-state index contributed by atoms with van der Waals surface area (Å²) in [5, 5.41) is 3.43. The standard InChI is InChI=1S/C9H21NO/c1-6-9(3,4)10-7-8(2)11-5/h8,10H,6-7H2,1-5H3. The molecule has 0 radical (unpaired) electrons. The second kappa shape index (κ2) is 4.73. The van der Waals surface area contributed by atoms with Gasteiger partial charge in [0.05, 0.1) is 6.10 Å². The summed E-state index contributed by atoms with van der Waals surface area (Å²) in [6.45, 7) is 9.59. The van der Waals surface area contributed by atoms with Gasteiger partial charge in [0.25, 0.3) is 0 Å². The van der Waals surface area contributed by atoms with E-state index in [1.54, 1.807) is 7.11 Å². The van der Waals surface area contributed by atoms with Gasteiger partial charge < -0.3 is 10.1 Å². The number of hydrogen-bond donors (Lipinski definition) is 1. The molecule has 0 amide bonds. The number of nitrogens with one attached hydrogen (secondary N) is 1. The smallest absolute Gasteiger partial charge is 0.0667 e. The third-order valence-corrected chi connectivity index (χ3v) is 2.15. The Hall–Kier alpha value is -0.0800. The average molecular weight is 159 g/mol. The molecule has 0 fully saturated rings. The minimum atomic E-state index is 0.243. The molecule has 0 aliphatic heterocycles. The van der Waals surface area contributed by atoms with Gasteiger partial charge in [-0.1, -0.05) is 6.92 Å². The molecule has 0 spiro atoms. The van der Waals surface area contributed by atoms with Crippen LogP contribution in [0.5, 0.6) is 0 Å². The van der Waals surface area contributed by atoms with Crippen LogP contribution in [0, 0.1) is 0 Å². The zero-order valence-corrected chi connectivity index (χ0v) is 8.40. The van der Waals surface area contributed by atoms with Crippen molar-refractivity contribution in [1.82, 2.24) is 5.32 Å². The molecule has 1 N–H and O–H groups in total. The Labute approximate surface area is 70.3 Å². The molecule has 2 nitrogen and oxygen atoms in total. The minimum absolute atomic E-state index is 0.243. The molecular formula is C9H21NO. The molecule has 1 atom stereocenters. The van der Waals surface area contributed by atoms with Gasteiger partial charge in [-0.3, -0.25) is 0 Å².